The third-order valence-corrected chi connectivity index (χ3v) is 7.59. The highest BCUT2D eigenvalue weighted by molar-refractivity contribution is 7.89. The first-order valence-corrected chi connectivity index (χ1v) is 11.4. The predicted octanol–water partition coefficient (Wildman–Crippen LogP) is 1.01. The zero-order valence-corrected chi connectivity index (χ0v) is 18.0. The van der Waals surface area contributed by atoms with E-state index in [0.717, 1.165) is 39.9 Å². The largest absolute Gasteiger partial charge is 0.573 e. The average Bonchev–Trinajstić information content (AvgIpc) is 3.15. The lowest BCUT2D eigenvalue weighted by molar-refractivity contribution is -0.274. The molecule has 11 nitrogen and oxygen atoms in total. The van der Waals surface area contributed by atoms with Gasteiger partial charge in [0.1, 0.15) is 11.8 Å². The molecule has 3 heterocycles. The van der Waals surface area contributed by atoms with Gasteiger partial charge >= 0.3 is 12.3 Å². The molecule has 33 heavy (non-hydrogen) atoms. The second-order valence-electron chi connectivity index (χ2n) is 6.81. The lowest BCUT2D eigenvalue weighted by Gasteiger charge is -2.38. The number of piperazine rings is 1. The van der Waals surface area contributed by atoms with Crippen LogP contribution in [-0.2, 0) is 14.8 Å². The van der Waals surface area contributed by atoms with Gasteiger partial charge in [-0.15, -0.1) is 18.3 Å². The van der Waals surface area contributed by atoms with Crippen LogP contribution in [0, 0.1) is 0 Å². The van der Waals surface area contributed by atoms with Crippen LogP contribution in [0.15, 0.2) is 46.2 Å². The Morgan fingerprint density at radius 1 is 1.18 bits per heavy atom. The van der Waals surface area contributed by atoms with Crippen molar-refractivity contribution >= 4 is 37.4 Å². The Morgan fingerprint density at radius 2 is 1.88 bits per heavy atom. The number of hydrogen-bond donors (Lipinski definition) is 1. The summed E-state index contributed by atoms with van der Waals surface area (Å²) in [5.74, 6) is -2.02. The maximum Gasteiger partial charge on any atom is 0.573 e. The number of hydrogen-bond acceptors (Lipinski definition) is 9. The van der Waals surface area contributed by atoms with Gasteiger partial charge in [0, 0.05) is 31.9 Å². The molecule has 1 aliphatic heterocycles. The second kappa shape index (κ2) is 8.27. The number of carboxylic acids is 1. The predicted molar refractivity (Wildman–Crippen MR) is 108 cm³/mol. The molecule has 0 unspecified atom stereocenters. The fourth-order valence-corrected chi connectivity index (χ4v) is 5.71. The molecule has 0 bridgehead atoms. The van der Waals surface area contributed by atoms with Crippen LogP contribution in [0.25, 0.3) is 4.96 Å². The minimum absolute atomic E-state index is 0.0862. The van der Waals surface area contributed by atoms with Crippen LogP contribution in [0.5, 0.6) is 5.75 Å². The number of aliphatic carboxylic acids is 1. The molecule has 1 aromatic carbocycles. The maximum atomic E-state index is 13.0. The first-order chi connectivity index (χ1) is 15.4. The fraction of sp³-hybridized carbons (Fsp3) is 0.294. The van der Waals surface area contributed by atoms with Crippen molar-refractivity contribution in [2.45, 2.75) is 17.3 Å². The van der Waals surface area contributed by atoms with E-state index in [0.29, 0.717) is 10.1 Å². The smallest absolute Gasteiger partial charge is 0.480 e. The summed E-state index contributed by atoms with van der Waals surface area (Å²) in [6.45, 7) is -0.377. The molecule has 16 heteroatoms. The molecule has 1 saturated heterocycles. The molecule has 1 fully saturated rings. The van der Waals surface area contributed by atoms with Gasteiger partial charge < -0.3 is 14.7 Å². The number of nitrogens with zero attached hydrogens (tertiary/aromatic N) is 5. The van der Waals surface area contributed by atoms with E-state index in [1.54, 1.807) is 4.90 Å². The second-order valence-corrected chi connectivity index (χ2v) is 9.64. The minimum Gasteiger partial charge on any atom is -0.480 e. The minimum atomic E-state index is -4.94. The standard InChI is InChI=1S/C17H14F3N5O6S2/c18-17(19,20)31-10-1-3-11(4-2-10)33(29,30)25-8-7-23(9-12(25)14(27)28)16-22-24-6-5-13(26)21-15(24)32-16/h1-6,12H,7-9H2,(H,27,28)/t12-/m1/s1. The molecule has 176 valence electrons. The molecule has 0 saturated carbocycles. The third kappa shape index (κ3) is 4.76. The summed E-state index contributed by atoms with van der Waals surface area (Å²) in [5.41, 5.74) is -0.462. The molecular weight excluding hydrogens is 491 g/mol. The van der Waals surface area contributed by atoms with E-state index in [2.05, 4.69) is 14.8 Å². The van der Waals surface area contributed by atoms with Crippen LogP contribution in [0.2, 0.25) is 0 Å². The van der Waals surface area contributed by atoms with Gasteiger partial charge in [-0.2, -0.15) is 9.29 Å². The molecular formula is C17H14F3N5O6S2. The van der Waals surface area contributed by atoms with E-state index < -0.39 is 39.7 Å². The number of halogens is 3. The number of benzene rings is 1. The van der Waals surface area contributed by atoms with Crippen LogP contribution in [-0.4, -0.2) is 70.4 Å². The SMILES string of the molecule is O=C(O)[C@H]1CN(c2nn3ccc(=O)nc3s2)CCN1S(=O)(=O)c1ccc(OC(F)(F)F)cc1. The van der Waals surface area contributed by atoms with Crippen molar-refractivity contribution < 1.29 is 36.2 Å². The van der Waals surface area contributed by atoms with Crippen molar-refractivity contribution in [2.24, 2.45) is 0 Å². The Hall–Kier alpha value is -3.24. The molecule has 1 atom stereocenters. The highest BCUT2D eigenvalue weighted by Gasteiger charge is 2.41. The highest BCUT2D eigenvalue weighted by Crippen LogP contribution is 2.29. The lowest BCUT2D eigenvalue weighted by atomic mass is 10.2. The van der Waals surface area contributed by atoms with Gasteiger partial charge in [-0.3, -0.25) is 9.59 Å². The van der Waals surface area contributed by atoms with Gasteiger partial charge in [-0.1, -0.05) is 11.3 Å². The number of fused-ring (bicyclic) bond motifs is 1. The van der Waals surface area contributed by atoms with Crippen molar-refractivity contribution in [3.8, 4) is 5.75 Å². The molecule has 0 aliphatic carbocycles. The summed E-state index contributed by atoms with van der Waals surface area (Å²) in [4.78, 5) is 28.6. The topological polar surface area (TPSA) is 134 Å². The molecule has 1 aliphatic rings. The monoisotopic (exact) mass is 505 g/mol. The van der Waals surface area contributed by atoms with Gasteiger partial charge in [0.25, 0.3) is 5.56 Å². The normalized spacial score (nSPS) is 17.9. The van der Waals surface area contributed by atoms with Crippen molar-refractivity contribution in [3.63, 3.8) is 0 Å². The van der Waals surface area contributed by atoms with Crippen molar-refractivity contribution in [2.75, 3.05) is 24.5 Å². The first kappa shape index (κ1) is 22.9. The molecule has 4 rings (SSSR count). The number of aromatic nitrogens is 3. The Bertz CT molecular complexity index is 1360. The summed E-state index contributed by atoms with van der Waals surface area (Å²) >= 11 is 1.04. The number of ether oxygens (including phenoxy) is 1. The van der Waals surface area contributed by atoms with Crippen LogP contribution in [0.3, 0.4) is 0 Å². The molecule has 2 aromatic heterocycles. The summed E-state index contributed by atoms with van der Waals surface area (Å²) in [7, 11) is -4.34. The van der Waals surface area contributed by atoms with Gasteiger partial charge in [0.15, 0.2) is 0 Å². The summed E-state index contributed by atoms with van der Waals surface area (Å²) < 4.78 is 68.9. The Labute approximate surface area is 187 Å². The van der Waals surface area contributed by atoms with Crippen molar-refractivity contribution in [1.29, 1.82) is 0 Å². The maximum absolute atomic E-state index is 13.0. The Morgan fingerprint density at radius 3 is 2.52 bits per heavy atom. The van der Waals surface area contributed by atoms with E-state index in [1.807, 2.05) is 0 Å². The Kier molecular flexibility index (Phi) is 5.75. The van der Waals surface area contributed by atoms with E-state index in [1.165, 1.54) is 16.8 Å². The number of anilines is 1. The summed E-state index contributed by atoms with van der Waals surface area (Å²) in [5, 5.41) is 14.3. The Balaban J connectivity index is 1.58. The van der Waals surface area contributed by atoms with Crippen LogP contribution in [0.4, 0.5) is 18.3 Å². The highest BCUT2D eigenvalue weighted by atomic mass is 32.2. The first-order valence-electron chi connectivity index (χ1n) is 9.16. The summed E-state index contributed by atoms with van der Waals surface area (Å²) in [6, 6.07) is 3.22. The zero-order valence-electron chi connectivity index (χ0n) is 16.3. The van der Waals surface area contributed by atoms with E-state index in [-0.39, 0.29) is 24.5 Å². The molecule has 3 aromatic rings. The molecule has 1 N–H and O–H groups in total. The fourth-order valence-electron chi connectivity index (χ4n) is 3.23. The number of alkyl halides is 3. The van der Waals surface area contributed by atoms with Gasteiger partial charge in [0.05, 0.1) is 4.90 Å². The number of rotatable bonds is 5. The number of sulfonamides is 1. The zero-order chi connectivity index (χ0) is 24.0. The number of carboxylic acid groups (broad SMARTS) is 1. The van der Waals surface area contributed by atoms with E-state index in [4.69, 9.17) is 0 Å². The summed E-state index contributed by atoms with van der Waals surface area (Å²) in [6.07, 6.45) is -3.53. The molecule has 0 radical (unpaired) electrons. The quantitative estimate of drug-likeness (QED) is 0.539. The molecule has 0 spiro atoms. The van der Waals surface area contributed by atoms with Gasteiger partial charge in [0.2, 0.25) is 20.1 Å². The number of carbonyl (C=O) groups is 1. The van der Waals surface area contributed by atoms with Gasteiger partial charge in [-0.05, 0) is 24.3 Å². The lowest BCUT2D eigenvalue weighted by Crippen LogP contribution is -2.58. The molecule has 0 amide bonds. The van der Waals surface area contributed by atoms with Crippen LogP contribution in [0.1, 0.15) is 0 Å². The van der Waals surface area contributed by atoms with Crippen LogP contribution < -0.4 is 15.2 Å². The van der Waals surface area contributed by atoms with Gasteiger partial charge in [-0.25, -0.2) is 12.9 Å². The van der Waals surface area contributed by atoms with Crippen LogP contribution >= 0.6 is 11.3 Å². The third-order valence-electron chi connectivity index (χ3n) is 4.69. The van der Waals surface area contributed by atoms with Crippen molar-refractivity contribution in [1.82, 2.24) is 18.9 Å². The van der Waals surface area contributed by atoms with E-state index >= 15 is 0 Å². The van der Waals surface area contributed by atoms with Crippen molar-refractivity contribution in [3.05, 3.63) is 46.9 Å². The van der Waals surface area contributed by atoms with E-state index in [9.17, 15) is 36.3 Å². The average molecular weight is 505 g/mol.